The predicted octanol–water partition coefficient (Wildman–Crippen LogP) is 4.84. The molecule has 170 valence electrons. The van der Waals surface area contributed by atoms with Crippen LogP contribution in [0.2, 0.25) is 0 Å². The van der Waals surface area contributed by atoms with Gasteiger partial charge in [-0.1, -0.05) is 61.9 Å². The number of tetrazole rings is 1. The van der Waals surface area contributed by atoms with E-state index in [1.165, 1.54) is 0 Å². The summed E-state index contributed by atoms with van der Waals surface area (Å²) < 4.78 is 1.88. The number of nitrogens with zero attached hydrogens (tertiary/aromatic N) is 6. The number of carbonyl (C=O) groups excluding carboxylic acids is 1. The van der Waals surface area contributed by atoms with Crippen molar-refractivity contribution < 1.29 is 4.79 Å². The van der Waals surface area contributed by atoms with Gasteiger partial charge in [0.25, 0.3) is 0 Å². The summed E-state index contributed by atoms with van der Waals surface area (Å²) in [7, 11) is 0. The van der Waals surface area contributed by atoms with Crippen molar-refractivity contribution in [3.63, 3.8) is 0 Å². The molecule has 2 aromatic carbocycles. The number of ketones is 1. The number of carbonyl (C=O) groups is 1. The van der Waals surface area contributed by atoms with Gasteiger partial charge in [-0.05, 0) is 49.1 Å². The molecule has 0 aliphatic heterocycles. The highest BCUT2D eigenvalue weighted by Gasteiger charge is 2.23. The SMILES string of the molecule is CCCCC(=O)c1nc(Cc2ccc(-c3ccccc3-c3nn[nH]n3)cc2)n(C(C)(C)C)n1. The molecule has 0 amide bonds. The summed E-state index contributed by atoms with van der Waals surface area (Å²) in [6.45, 7) is 8.29. The summed E-state index contributed by atoms with van der Waals surface area (Å²) in [5, 5.41) is 19.0. The molecule has 0 saturated heterocycles. The Hall–Kier alpha value is -3.68. The Morgan fingerprint density at radius 2 is 1.76 bits per heavy atom. The Kier molecular flexibility index (Phi) is 6.44. The van der Waals surface area contributed by atoms with Gasteiger partial charge >= 0.3 is 0 Å². The van der Waals surface area contributed by atoms with Gasteiger partial charge in [-0.3, -0.25) is 4.79 Å². The molecule has 0 spiro atoms. The van der Waals surface area contributed by atoms with E-state index in [1.807, 2.05) is 28.9 Å². The van der Waals surface area contributed by atoms with Crippen LogP contribution >= 0.6 is 0 Å². The average Bonchev–Trinajstić information content (AvgIpc) is 3.48. The Balaban J connectivity index is 1.60. The number of hydrogen-bond acceptors (Lipinski definition) is 6. The highest BCUT2D eigenvalue weighted by atomic mass is 16.1. The summed E-state index contributed by atoms with van der Waals surface area (Å²) in [5.74, 6) is 1.68. The van der Waals surface area contributed by atoms with Crippen molar-refractivity contribution >= 4 is 5.78 Å². The highest BCUT2D eigenvalue weighted by molar-refractivity contribution is 5.92. The van der Waals surface area contributed by atoms with E-state index in [4.69, 9.17) is 0 Å². The molecule has 2 aromatic heterocycles. The predicted molar refractivity (Wildman–Crippen MR) is 127 cm³/mol. The van der Waals surface area contributed by atoms with Crippen molar-refractivity contribution in [1.82, 2.24) is 35.4 Å². The molecule has 4 rings (SSSR count). The summed E-state index contributed by atoms with van der Waals surface area (Å²) in [5.41, 5.74) is 3.84. The van der Waals surface area contributed by atoms with Gasteiger partial charge in [0.2, 0.25) is 17.4 Å². The van der Waals surface area contributed by atoms with Crippen LogP contribution in [0.4, 0.5) is 0 Å². The fraction of sp³-hybridized carbons (Fsp3) is 0.360. The first-order valence-electron chi connectivity index (χ1n) is 11.3. The number of rotatable bonds is 8. The lowest BCUT2D eigenvalue weighted by Crippen LogP contribution is -2.26. The standard InChI is InChI=1S/C25H29N7O/c1-5-6-11-21(33)24-26-22(32(29-24)25(2,3)4)16-17-12-14-18(15-13-17)19-9-7-8-10-20(19)23-27-30-31-28-23/h7-10,12-15H,5-6,11,16H2,1-4H3,(H,27,28,30,31). The Morgan fingerprint density at radius 3 is 2.39 bits per heavy atom. The third-order valence-corrected chi connectivity index (χ3v) is 5.46. The third kappa shape index (κ3) is 5.05. The lowest BCUT2D eigenvalue weighted by atomic mass is 9.97. The summed E-state index contributed by atoms with van der Waals surface area (Å²) >= 11 is 0. The largest absolute Gasteiger partial charge is 0.291 e. The smallest absolute Gasteiger partial charge is 0.217 e. The van der Waals surface area contributed by atoms with E-state index in [2.05, 4.69) is 82.7 Å². The van der Waals surface area contributed by atoms with Gasteiger partial charge in [0.15, 0.2) is 0 Å². The number of nitrogens with one attached hydrogen (secondary N) is 1. The zero-order valence-electron chi connectivity index (χ0n) is 19.5. The first-order valence-corrected chi connectivity index (χ1v) is 11.3. The van der Waals surface area contributed by atoms with E-state index < -0.39 is 0 Å². The second kappa shape index (κ2) is 9.44. The first kappa shape index (κ1) is 22.5. The fourth-order valence-corrected chi connectivity index (χ4v) is 3.75. The zero-order valence-corrected chi connectivity index (χ0v) is 19.5. The van der Waals surface area contributed by atoms with E-state index >= 15 is 0 Å². The minimum Gasteiger partial charge on any atom is -0.291 e. The van der Waals surface area contributed by atoms with Crippen molar-refractivity contribution in [2.45, 2.75) is 58.9 Å². The van der Waals surface area contributed by atoms with Crippen LogP contribution in [0.3, 0.4) is 0 Å². The van der Waals surface area contributed by atoms with Gasteiger partial charge in [0, 0.05) is 18.4 Å². The molecule has 2 heterocycles. The normalized spacial score (nSPS) is 11.6. The molecule has 0 atom stereocenters. The molecule has 0 unspecified atom stereocenters. The third-order valence-electron chi connectivity index (χ3n) is 5.46. The quantitative estimate of drug-likeness (QED) is 0.391. The van der Waals surface area contributed by atoms with Crippen molar-refractivity contribution in [2.24, 2.45) is 0 Å². The molecule has 0 bridgehead atoms. The lowest BCUT2D eigenvalue weighted by Gasteiger charge is -2.21. The maximum absolute atomic E-state index is 12.5. The summed E-state index contributed by atoms with van der Waals surface area (Å²) in [6, 6.07) is 16.3. The number of benzene rings is 2. The molecule has 0 saturated carbocycles. The molecule has 8 heteroatoms. The Labute approximate surface area is 193 Å². The molecule has 4 aromatic rings. The highest BCUT2D eigenvalue weighted by Crippen LogP contribution is 2.30. The van der Waals surface area contributed by atoms with Gasteiger partial charge in [-0.15, -0.1) is 15.3 Å². The van der Waals surface area contributed by atoms with Crippen LogP contribution in [0.1, 0.15) is 69.0 Å². The monoisotopic (exact) mass is 443 g/mol. The lowest BCUT2D eigenvalue weighted by molar-refractivity contribution is 0.0969. The van der Waals surface area contributed by atoms with Crippen molar-refractivity contribution in [1.29, 1.82) is 0 Å². The van der Waals surface area contributed by atoms with Crippen LogP contribution < -0.4 is 0 Å². The van der Waals surface area contributed by atoms with Gasteiger partial charge in [-0.2, -0.15) is 5.21 Å². The van der Waals surface area contributed by atoms with E-state index in [0.29, 0.717) is 24.5 Å². The summed E-state index contributed by atoms with van der Waals surface area (Å²) in [4.78, 5) is 17.2. The van der Waals surface area contributed by atoms with Crippen LogP contribution in [-0.2, 0) is 12.0 Å². The first-order chi connectivity index (χ1) is 15.9. The number of aromatic nitrogens is 7. The molecular weight excluding hydrogens is 414 g/mol. The molecule has 0 fully saturated rings. The number of H-pyrrole nitrogens is 1. The molecule has 0 aliphatic carbocycles. The topological polar surface area (TPSA) is 102 Å². The number of Topliss-reactive ketones (excluding diaryl/α,β-unsaturated/α-hetero) is 1. The molecular formula is C25H29N7O. The van der Waals surface area contributed by atoms with Crippen molar-refractivity contribution in [2.75, 3.05) is 0 Å². The van der Waals surface area contributed by atoms with Crippen LogP contribution in [0.5, 0.6) is 0 Å². The molecule has 1 N–H and O–H groups in total. The van der Waals surface area contributed by atoms with Crippen LogP contribution in [-0.4, -0.2) is 41.2 Å². The maximum Gasteiger partial charge on any atom is 0.217 e. The molecule has 0 radical (unpaired) electrons. The zero-order chi connectivity index (χ0) is 23.4. The molecule has 0 aliphatic rings. The van der Waals surface area contributed by atoms with E-state index in [-0.39, 0.29) is 11.3 Å². The van der Waals surface area contributed by atoms with Gasteiger partial charge in [0.1, 0.15) is 5.82 Å². The Bertz CT molecular complexity index is 1220. The van der Waals surface area contributed by atoms with Gasteiger partial charge in [-0.25, -0.2) is 9.67 Å². The minimum atomic E-state index is -0.269. The number of unbranched alkanes of at least 4 members (excludes halogenated alkanes) is 1. The second-order valence-corrected chi connectivity index (χ2v) is 9.12. The molecule has 33 heavy (non-hydrogen) atoms. The Morgan fingerprint density at radius 1 is 1.03 bits per heavy atom. The van der Waals surface area contributed by atoms with Crippen LogP contribution in [0.15, 0.2) is 48.5 Å². The van der Waals surface area contributed by atoms with E-state index in [9.17, 15) is 4.79 Å². The van der Waals surface area contributed by atoms with E-state index in [1.54, 1.807) is 0 Å². The fourth-order valence-electron chi connectivity index (χ4n) is 3.75. The van der Waals surface area contributed by atoms with E-state index in [0.717, 1.165) is 40.9 Å². The van der Waals surface area contributed by atoms with Crippen LogP contribution in [0, 0.1) is 0 Å². The van der Waals surface area contributed by atoms with Crippen molar-refractivity contribution in [3.05, 3.63) is 65.7 Å². The van der Waals surface area contributed by atoms with Gasteiger partial charge < -0.3 is 0 Å². The molecule has 8 nitrogen and oxygen atoms in total. The maximum atomic E-state index is 12.5. The van der Waals surface area contributed by atoms with Gasteiger partial charge in [0.05, 0.1) is 5.54 Å². The summed E-state index contributed by atoms with van der Waals surface area (Å²) in [6.07, 6.45) is 2.91. The van der Waals surface area contributed by atoms with Crippen molar-refractivity contribution in [3.8, 4) is 22.5 Å². The van der Waals surface area contributed by atoms with Crippen LogP contribution in [0.25, 0.3) is 22.5 Å². The minimum absolute atomic E-state index is 0.00882. The average molecular weight is 444 g/mol. The second-order valence-electron chi connectivity index (χ2n) is 9.12. The number of hydrogen-bond donors (Lipinski definition) is 1. The number of aromatic amines is 1.